The lowest BCUT2D eigenvalue weighted by atomic mass is 10.3. The quantitative estimate of drug-likeness (QED) is 0.775. The molecule has 6 nitrogen and oxygen atoms in total. The molecule has 4 N–H and O–H groups in total. The fraction of sp³-hybridized carbons (Fsp3) is 0.125. The SMILES string of the molecule is Nc1nc(N)n(-c2ccc(C(F)(F)F)nc2)n1. The number of rotatable bonds is 1. The van der Waals surface area contributed by atoms with Gasteiger partial charge in [0.1, 0.15) is 5.69 Å². The van der Waals surface area contributed by atoms with Gasteiger partial charge in [0, 0.05) is 0 Å². The van der Waals surface area contributed by atoms with Gasteiger partial charge < -0.3 is 11.5 Å². The van der Waals surface area contributed by atoms with Crippen molar-refractivity contribution in [1.29, 1.82) is 0 Å². The molecular weight excluding hydrogens is 237 g/mol. The molecule has 0 saturated heterocycles. The molecule has 0 fully saturated rings. The molecule has 0 atom stereocenters. The van der Waals surface area contributed by atoms with Gasteiger partial charge in [0.25, 0.3) is 0 Å². The molecule has 0 amide bonds. The average Bonchev–Trinajstić information content (AvgIpc) is 2.57. The highest BCUT2D eigenvalue weighted by Gasteiger charge is 2.32. The van der Waals surface area contributed by atoms with Crippen molar-refractivity contribution in [2.75, 3.05) is 11.5 Å². The molecule has 2 aromatic heterocycles. The topological polar surface area (TPSA) is 95.6 Å². The van der Waals surface area contributed by atoms with E-state index in [1.54, 1.807) is 0 Å². The van der Waals surface area contributed by atoms with Gasteiger partial charge >= 0.3 is 6.18 Å². The lowest BCUT2D eigenvalue weighted by Crippen LogP contribution is -2.09. The molecule has 0 saturated carbocycles. The Balaban J connectivity index is 2.39. The van der Waals surface area contributed by atoms with Gasteiger partial charge in [-0.25, -0.2) is 4.98 Å². The molecule has 2 rings (SSSR count). The van der Waals surface area contributed by atoms with Crippen molar-refractivity contribution in [2.24, 2.45) is 0 Å². The van der Waals surface area contributed by atoms with Gasteiger partial charge in [-0.2, -0.15) is 22.8 Å². The lowest BCUT2D eigenvalue weighted by Gasteiger charge is -2.06. The summed E-state index contributed by atoms with van der Waals surface area (Å²) in [5.74, 6) is -0.0912. The van der Waals surface area contributed by atoms with Crippen LogP contribution in [0.4, 0.5) is 25.1 Å². The molecule has 17 heavy (non-hydrogen) atoms. The third-order valence-electron chi connectivity index (χ3n) is 1.93. The molecular formula is C8H7F3N6. The summed E-state index contributed by atoms with van der Waals surface area (Å²) in [6.45, 7) is 0. The molecule has 0 aliphatic heterocycles. The Hall–Kier alpha value is -2.32. The minimum atomic E-state index is -4.48. The summed E-state index contributed by atoms with van der Waals surface area (Å²) >= 11 is 0. The third-order valence-corrected chi connectivity index (χ3v) is 1.93. The summed E-state index contributed by atoms with van der Waals surface area (Å²) in [4.78, 5) is 6.88. The second-order valence-electron chi connectivity index (χ2n) is 3.14. The number of pyridine rings is 1. The molecule has 90 valence electrons. The van der Waals surface area contributed by atoms with E-state index in [9.17, 15) is 13.2 Å². The number of nitrogen functional groups attached to an aromatic ring is 2. The van der Waals surface area contributed by atoms with Crippen molar-refractivity contribution in [3.8, 4) is 5.69 Å². The van der Waals surface area contributed by atoms with Crippen LogP contribution in [0.1, 0.15) is 5.69 Å². The second kappa shape index (κ2) is 3.61. The first-order chi connectivity index (χ1) is 7.88. The predicted molar refractivity (Wildman–Crippen MR) is 53.0 cm³/mol. The van der Waals surface area contributed by atoms with Crippen molar-refractivity contribution < 1.29 is 13.2 Å². The van der Waals surface area contributed by atoms with Crippen LogP contribution in [-0.4, -0.2) is 19.7 Å². The molecule has 0 spiro atoms. The monoisotopic (exact) mass is 244 g/mol. The smallest absolute Gasteiger partial charge is 0.368 e. The maximum Gasteiger partial charge on any atom is 0.433 e. The largest absolute Gasteiger partial charge is 0.433 e. The zero-order chi connectivity index (χ0) is 12.6. The predicted octanol–water partition coefficient (Wildman–Crippen LogP) is 0.846. The van der Waals surface area contributed by atoms with Crippen molar-refractivity contribution in [3.63, 3.8) is 0 Å². The van der Waals surface area contributed by atoms with Gasteiger partial charge in [0.2, 0.25) is 11.9 Å². The maximum absolute atomic E-state index is 12.3. The van der Waals surface area contributed by atoms with E-state index in [2.05, 4.69) is 15.1 Å². The Morgan fingerprint density at radius 3 is 2.29 bits per heavy atom. The molecule has 9 heteroatoms. The highest BCUT2D eigenvalue weighted by molar-refractivity contribution is 5.39. The number of nitrogens with two attached hydrogens (primary N) is 2. The Labute approximate surface area is 93.1 Å². The van der Waals surface area contributed by atoms with Gasteiger partial charge in [-0.1, -0.05) is 0 Å². The van der Waals surface area contributed by atoms with E-state index >= 15 is 0 Å². The van der Waals surface area contributed by atoms with E-state index in [1.165, 1.54) is 6.07 Å². The van der Waals surface area contributed by atoms with Crippen molar-refractivity contribution >= 4 is 11.9 Å². The number of nitrogens with zero attached hydrogens (tertiary/aromatic N) is 4. The average molecular weight is 244 g/mol. The van der Waals surface area contributed by atoms with E-state index < -0.39 is 11.9 Å². The van der Waals surface area contributed by atoms with Crippen molar-refractivity contribution in [1.82, 2.24) is 19.7 Å². The summed E-state index contributed by atoms with van der Waals surface area (Å²) in [6, 6.07) is 2.01. The van der Waals surface area contributed by atoms with Crippen LogP contribution in [0.5, 0.6) is 0 Å². The molecule has 0 aromatic carbocycles. The maximum atomic E-state index is 12.3. The molecule has 0 aliphatic rings. The first-order valence-corrected chi connectivity index (χ1v) is 4.39. The summed E-state index contributed by atoms with van der Waals surface area (Å²) in [5, 5.41) is 3.71. The Bertz CT molecular complexity index is 529. The van der Waals surface area contributed by atoms with Crippen molar-refractivity contribution in [2.45, 2.75) is 6.18 Å². The molecule has 0 bridgehead atoms. The van der Waals surface area contributed by atoms with E-state index in [4.69, 9.17) is 11.5 Å². The number of alkyl halides is 3. The summed E-state index contributed by atoms with van der Waals surface area (Å²) < 4.78 is 37.9. The molecule has 0 unspecified atom stereocenters. The second-order valence-corrected chi connectivity index (χ2v) is 3.14. The third kappa shape index (κ3) is 2.12. The Kier molecular flexibility index (Phi) is 2.37. The van der Waals surface area contributed by atoms with Crippen LogP contribution in [0.15, 0.2) is 18.3 Å². The summed E-state index contributed by atoms with van der Waals surface area (Å²) in [7, 11) is 0. The molecule has 0 radical (unpaired) electrons. The molecule has 0 aliphatic carbocycles. The van der Waals surface area contributed by atoms with Gasteiger partial charge in [0.05, 0.1) is 11.9 Å². The van der Waals surface area contributed by atoms with E-state index in [0.29, 0.717) is 0 Å². The number of hydrogen-bond acceptors (Lipinski definition) is 5. The van der Waals surface area contributed by atoms with Gasteiger partial charge in [0.15, 0.2) is 0 Å². The van der Waals surface area contributed by atoms with Gasteiger partial charge in [-0.05, 0) is 12.1 Å². The van der Waals surface area contributed by atoms with Crippen LogP contribution < -0.4 is 11.5 Å². The van der Waals surface area contributed by atoms with Crippen LogP contribution in [-0.2, 0) is 6.18 Å². The fourth-order valence-electron chi connectivity index (χ4n) is 1.21. The standard InChI is InChI=1S/C8H7F3N6/c9-8(10,11)5-2-1-4(3-14-5)17-7(13)15-6(12)16-17/h1-3H,(H4,12,13,15,16). The highest BCUT2D eigenvalue weighted by atomic mass is 19.4. The van der Waals surface area contributed by atoms with Crippen LogP contribution in [0.3, 0.4) is 0 Å². The summed E-state index contributed by atoms with van der Waals surface area (Å²) in [6.07, 6.45) is -3.49. The fourth-order valence-corrected chi connectivity index (χ4v) is 1.21. The number of hydrogen-bond donors (Lipinski definition) is 2. The molecule has 2 heterocycles. The lowest BCUT2D eigenvalue weighted by molar-refractivity contribution is -0.141. The molecule has 2 aromatic rings. The Morgan fingerprint density at radius 1 is 1.18 bits per heavy atom. The van der Waals surface area contributed by atoms with Gasteiger partial charge in [-0.15, -0.1) is 5.10 Å². The van der Waals surface area contributed by atoms with E-state index in [0.717, 1.165) is 16.9 Å². The van der Waals surface area contributed by atoms with Crippen LogP contribution in [0.2, 0.25) is 0 Å². The van der Waals surface area contributed by atoms with Crippen LogP contribution in [0, 0.1) is 0 Å². The first kappa shape index (κ1) is 11.2. The summed E-state index contributed by atoms with van der Waals surface area (Å²) in [5.41, 5.74) is 10.0. The Morgan fingerprint density at radius 2 is 1.88 bits per heavy atom. The van der Waals surface area contributed by atoms with Crippen LogP contribution >= 0.6 is 0 Å². The van der Waals surface area contributed by atoms with E-state index in [1.807, 2.05) is 0 Å². The highest BCUT2D eigenvalue weighted by Crippen LogP contribution is 2.27. The number of aromatic nitrogens is 4. The number of halogens is 3. The minimum Gasteiger partial charge on any atom is -0.368 e. The van der Waals surface area contributed by atoms with Crippen molar-refractivity contribution in [3.05, 3.63) is 24.0 Å². The first-order valence-electron chi connectivity index (χ1n) is 4.39. The normalized spacial score (nSPS) is 11.7. The van der Waals surface area contributed by atoms with Gasteiger partial charge in [-0.3, -0.25) is 0 Å². The van der Waals surface area contributed by atoms with E-state index in [-0.39, 0.29) is 17.6 Å². The number of anilines is 2. The zero-order valence-corrected chi connectivity index (χ0v) is 8.31. The minimum absolute atomic E-state index is 0.0240. The zero-order valence-electron chi connectivity index (χ0n) is 8.31. The van der Waals surface area contributed by atoms with Crippen LogP contribution in [0.25, 0.3) is 5.69 Å².